The summed E-state index contributed by atoms with van der Waals surface area (Å²) in [5.74, 6) is 1.82. The summed E-state index contributed by atoms with van der Waals surface area (Å²) >= 11 is 0. The summed E-state index contributed by atoms with van der Waals surface area (Å²) < 4.78 is 0. The molecule has 3 rings (SSSR count). The van der Waals surface area contributed by atoms with Crippen molar-refractivity contribution < 1.29 is 0 Å². The number of nitrogens with one attached hydrogen (secondary N) is 1. The molecule has 2 aliphatic rings. The number of guanidine groups is 1. The first-order valence-corrected chi connectivity index (χ1v) is 9.12. The van der Waals surface area contributed by atoms with Crippen molar-refractivity contribution in [3.05, 3.63) is 35.4 Å². The molecule has 0 radical (unpaired) electrons. The van der Waals surface area contributed by atoms with E-state index in [1.54, 1.807) is 0 Å². The molecule has 1 aromatic rings. The number of nitrogens with zero attached hydrogens (tertiary/aromatic N) is 3. The van der Waals surface area contributed by atoms with E-state index in [4.69, 9.17) is 4.99 Å². The molecule has 4 nitrogen and oxygen atoms in total. The van der Waals surface area contributed by atoms with Crippen molar-refractivity contribution in [1.29, 1.82) is 0 Å². The van der Waals surface area contributed by atoms with Crippen molar-refractivity contribution in [3.63, 3.8) is 0 Å². The van der Waals surface area contributed by atoms with E-state index in [1.807, 2.05) is 0 Å². The average Bonchev–Trinajstić information content (AvgIpc) is 3.06. The van der Waals surface area contributed by atoms with E-state index in [0.717, 1.165) is 44.5 Å². The third kappa shape index (κ3) is 4.05. The molecular formula is C19H30N4. The molecule has 1 fully saturated rings. The second kappa shape index (κ2) is 7.82. The van der Waals surface area contributed by atoms with Gasteiger partial charge in [0.15, 0.2) is 5.96 Å². The zero-order chi connectivity index (χ0) is 16.1. The third-order valence-corrected chi connectivity index (χ3v) is 5.08. The van der Waals surface area contributed by atoms with Crippen LogP contribution >= 0.6 is 0 Å². The number of likely N-dealkylation sites (tertiary alicyclic amines) is 1. The van der Waals surface area contributed by atoms with Gasteiger partial charge in [-0.15, -0.1) is 0 Å². The van der Waals surface area contributed by atoms with Gasteiger partial charge in [-0.05, 0) is 49.9 Å². The lowest BCUT2D eigenvalue weighted by Gasteiger charge is -2.32. The van der Waals surface area contributed by atoms with E-state index in [1.165, 1.54) is 37.2 Å². The lowest BCUT2D eigenvalue weighted by molar-refractivity contribution is 0.342. The highest BCUT2D eigenvalue weighted by Crippen LogP contribution is 2.19. The number of aliphatic imine (C=N–C) groups is 1. The van der Waals surface area contributed by atoms with Gasteiger partial charge >= 0.3 is 0 Å². The molecule has 1 N–H and O–H groups in total. The maximum Gasteiger partial charge on any atom is 0.194 e. The summed E-state index contributed by atoms with van der Waals surface area (Å²) in [6.45, 7) is 12.0. The predicted molar refractivity (Wildman–Crippen MR) is 96.8 cm³/mol. The van der Waals surface area contributed by atoms with Gasteiger partial charge in [-0.1, -0.05) is 31.2 Å². The first-order chi connectivity index (χ1) is 11.3. The van der Waals surface area contributed by atoms with Crippen LogP contribution in [0.2, 0.25) is 0 Å². The van der Waals surface area contributed by atoms with E-state index >= 15 is 0 Å². The van der Waals surface area contributed by atoms with E-state index in [0.29, 0.717) is 0 Å². The normalized spacial score (nSPS) is 22.3. The molecule has 0 aliphatic carbocycles. The van der Waals surface area contributed by atoms with Gasteiger partial charge in [-0.2, -0.15) is 0 Å². The summed E-state index contributed by atoms with van der Waals surface area (Å²) in [4.78, 5) is 9.91. The van der Waals surface area contributed by atoms with Crippen LogP contribution in [-0.4, -0.2) is 55.0 Å². The second-order valence-electron chi connectivity index (χ2n) is 6.68. The van der Waals surface area contributed by atoms with Crippen LogP contribution in [0, 0.1) is 5.92 Å². The van der Waals surface area contributed by atoms with Crippen LogP contribution in [0.15, 0.2) is 29.3 Å². The number of hydrogen-bond acceptors (Lipinski definition) is 2. The molecule has 1 unspecified atom stereocenters. The molecule has 23 heavy (non-hydrogen) atoms. The van der Waals surface area contributed by atoms with Gasteiger partial charge in [0, 0.05) is 32.7 Å². The van der Waals surface area contributed by atoms with Gasteiger partial charge < -0.3 is 15.1 Å². The summed E-state index contributed by atoms with van der Waals surface area (Å²) in [6, 6.07) is 8.80. The lowest BCUT2D eigenvalue weighted by atomic mass is 10.0. The molecule has 0 spiro atoms. The lowest BCUT2D eigenvalue weighted by Crippen LogP contribution is -2.44. The Hall–Kier alpha value is -1.55. The fourth-order valence-electron chi connectivity index (χ4n) is 3.67. The monoisotopic (exact) mass is 314 g/mol. The first-order valence-electron chi connectivity index (χ1n) is 9.12. The van der Waals surface area contributed by atoms with Gasteiger partial charge in [-0.25, -0.2) is 0 Å². The highest BCUT2D eigenvalue weighted by molar-refractivity contribution is 5.80. The zero-order valence-corrected chi connectivity index (χ0v) is 14.6. The van der Waals surface area contributed by atoms with Gasteiger partial charge in [0.05, 0.1) is 0 Å². The Morgan fingerprint density at radius 1 is 1.22 bits per heavy atom. The molecule has 0 aromatic heterocycles. The maximum atomic E-state index is 4.97. The fraction of sp³-hybridized carbons (Fsp3) is 0.632. The maximum absolute atomic E-state index is 4.97. The molecule has 1 saturated heterocycles. The van der Waals surface area contributed by atoms with Gasteiger partial charge in [0.25, 0.3) is 0 Å². The first kappa shape index (κ1) is 16.3. The van der Waals surface area contributed by atoms with Crippen molar-refractivity contribution >= 4 is 5.96 Å². The van der Waals surface area contributed by atoms with Crippen LogP contribution in [-0.2, 0) is 13.0 Å². The van der Waals surface area contributed by atoms with Crippen LogP contribution in [0.25, 0.3) is 0 Å². The Bertz CT molecular complexity index is 540. The predicted octanol–water partition coefficient (Wildman–Crippen LogP) is 2.35. The molecule has 4 heteroatoms. The molecule has 1 aromatic carbocycles. The summed E-state index contributed by atoms with van der Waals surface area (Å²) in [5, 5.41) is 3.49. The van der Waals surface area contributed by atoms with Crippen LogP contribution in [0.3, 0.4) is 0 Å². The highest BCUT2D eigenvalue weighted by atomic mass is 15.3. The summed E-state index contributed by atoms with van der Waals surface area (Å²) in [6.07, 6.45) is 2.41. The van der Waals surface area contributed by atoms with Crippen LogP contribution in [0.1, 0.15) is 31.4 Å². The Balaban J connectivity index is 1.64. The fourth-order valence-corrected chi connectivity index (χ4v) is 3.67. The summed E-state index contributed by atoms with van der Waals surface area (Å²) in [5.41, 5.74) is 2.94. The minimum absolute atomic E-state index is 0.723. The zero-order valence-electron chi connectivity index (χ0n) is 14.6. The molecule has 0 amide bonds. The van der Waals surface area contributed by atoms with Gasteiger partial charge in [0.1, 0.15) is 0 Å². The third-order valence-electron chi connectivity index (χ3n) is 5.08. The molecule has 0 bridgehead atoms. The second-order valence-corrected chi connectivity index (χ2v) is 6.68. The van der Waals surface area contributed by atoms with Crippen molar-refractivity contribution in [2.75, 3.05) is 39.3 Å². The number of rotatable bonds is 4. The standard InChI is InChI=1S/C19H30N4/c1-3-20-19(21-13-16-9-11-22(4-2)14-16)23-12-10-17-7-5-6-8-18(17)15-23/h5-8,16H,3-4,9-15H2,1-2H3,(H,20,21). The molecule has 2 heterocycles. The van der Waals surface area contributed by atoms with E-state index in [2.05, 4.69) is 53.2 Å². The van der Waals surface area contributed by atoms with Crippen LogP contribution in [0.5, 0.6) is 0 Å². The number of hydrogen-bond donors (Lipinski definition) is 1. The largest absolute Gasteiger partial charge is 0.357 e. The Morgan fingerprint density at radius 3 is 2.78 bits per heavy atom. The molecule has 1 atom stereocenters. The van der Waals surface area contributed by atoms with E-state index in [-0.39, 0.29) is 0 Å². The SMILES string of the molecule is CCNC(=NCC1CCN(CC)C1)N1CCc2ccccc2C1. The molecule has 2 aliphatic heterocycles. The number of benzene rings is 1. The highest BCUT2D eigenvalue weighted by Gasteiger charge is 2.22. The Morgan fingerprint density at radius 2 is 2.04 bits per heavy atom. The molecular weight excluding hydrogens is 284 g/mol. The average molecular weight is 314 g/mol. The topological polar surface area (TPSA) is 30.9 Å². The van der Waals surface area contributed by atoms with E-state index in [9.17, 15) is 0 Å². The molecule has 126 valence electrons. The van der Waals surface area contributed by atoms with E-state index < -0.39 is 0 Å². The Kier molecular flexibility index (Phi) is 5.55. The van der Waals surface area contributed by atoms with Crippen molar-refractivity contribution in [3.8, 4) is 0 Å². The quantitative estimate of drug-likeness (QED) is 0.684. The summed E-state index contributed by atoms with van der Waals surface area (Å²) in [7, 11) is 0. The van der Waals surface area contributed by atoms with Crippen molar-refractivity contribution in [2.45, 2.75) is 33.2 Å². The number of fused-ring (bicyclic) bond motifs is 1. The van der Waals surface area contributed by atoms with Gasteiger partial charge in [0.2, 0.25) is 0 Å². The molecule has 0 saturated carbocycles. The van der Waals surface area contributed by atoms with Gasteiger partial charge in [-0.3, -0.25) is 4.99 Å². The van der Waals surface area contributed by atoms with Crippen LogP contribution < -0.4 is 5.32 Å². The Labute approximate surface area is 140 Å². The van der Waals surface area contributed by atoms with Crippen LogP contribution in [0.4, 0.5) is 0 Å². The smallest absolute Gasteiger partial charge is 0.194 e. The van der Waals surface area contributed by atoms with Crippen molar-refractivity contribution in [1.82, 2.24) is 15.1 Å². The minimum Gasteiger partial charge on any atom is -0.357 e. The van der Waals surface area contributed by atoms with Crippen molar-refractivity contribution in [2.24, 2.45) is 10.9 Å². The minimum atomic E-state index is 0.723.